The van der Waals surface area contributed by atoms with Crippen LogP contribution in [0.2, 0.25) is 0 Å². The minimum Gasteiger partial charge on any atom is -0.397 e. The van der Waals surface area contributed by atoms with E-state index in [0.29, 0.717) is 12.0 Å². The van der Waals surface area contributed by atoms with Crippen LogP contribution in [0.15, 0.2) is 18.2 Å². The number of aliphatic hydroxyl groups excluding tert-OH is 1. The van der Waals surface area contributed by atoms with Crippen molar-refractivity contribution >= 4 is 34.0 Å². The van der Waals surface area contributed by atoms with Crippen LogP contribution >= 0.6 is 22.6 Å². The Kier molecular flexibility index (Phi) is 4.50. The second-order valence-electron chi connectivity index (χ2n) is 4.71. The minimum absolute atomic E-state index is 0.266. The zero-order chi connectivity index (χ0) is 12.3. The Morgan fingerprint density at radius 2 is 2.12 bits per heavy atom. The second kappa shape index (κ2) is 5.91. The van der Waals surface area contributed by atoms with Gasteiger partial charge in [-0.15, -0.1) is 0 Å². The van der Waals surface area contributed by atoms with Crippen molar-refractivity contribution in [3.05, 3.63) is 21.8 Å². The van der Waals surface area contributed by atoms with Gasteiger partial charge in [0.2, 0.25) is 0 Å². The van der Waals surface area contributed by atoms with E-state index in [1.54, 1.807) is 0 Å². The van der Waals surface area contributed by atoms with Crippen LogP contribution in [-0.2, 0) is 0 Å². The third kappa shape index (κ3) is 3.25. The molecule has 94 valence electrons. The van der Waals surface area contributed by atoms with Crippen molar-refractivity contribution in [1.82, 2.24) is 0 Å². The van der Waals surface area contributed by atoms with E-state index < -0.39 is 0 Å². The van der Waals surface area contributed by atoms with Crippen LogP contribution in [-0.4, -0.2) is 17.8 Å². The number of hydrogen-bond acceptors (Lipinski definition) is 3. The van der Waals surface area contributed by atoms with Crippen LogP contribution in [0, 0.1) is 9.49 Å². The molecule has 2 atom stereocenters. The first-order chi connectivity index (χ1) is 8.20. The highest BCUT2D eigenvalue weighted by Gasteiger charge is 2.24. The third-order valence-corrected chi connectivity index (χ3v) is 4.17. The quantitative estimate of drug-likeness (QED) is 0.583. The van der Waals surface area contributed by atoms with Gasteiger partial charge in [-0.3, -0.25) is 0 Å². The fourth-order valence-corrected chi connectivity index (χ4v) is 3.00. The highest BCUT2D eigenvalue weighted by Crippen LogP contribution is 2.29. The monoisotopic (exact) mass is 346 g/mol. The van der Waals surface area contributed by atoms with Crippen molar-refractivity contribution in [2.75, 3.05) is 17.7 Å². The van der Waals surface area contributed by atoms with Crippen molar-refractivity contribution in [2.24, 2.45) is 5.92 Å². The minimum atomic E-state index is 0.266. The van der Waals surface area contributed by atoms with Crippen LogP contribution in [0.4, 0.5) is 11.4 Å². The average molecular weight is 346 g/mol. The smallest absolute Gasteiger partial charge is 0.0576 e. The van der Waals surface area contributed by atoms with Gasteiger partial charge in [-0.1, -0.05) is 12.8 Å². The molecule has 0 bridgehead atoms. The molecular formula is C13H19IN2O. The summed E-state index contributed by atoms with van der Waals surface area (Å²) in [6.07, 6.45) is 4.69. The van der Waals surface area contributed by atoms with E-state index in [1.165, 1.54) is 12.8 Å². The van der Waals surface area contributed by atoms with Gasteiger partial charge in [0.1, 0.15) is 0 Å². The SMILES string of the molecule is Nc1cc(I)ccc1NC1CCCCC1CO. The lowest BCUT2D eigenvalue weighted by molar-refractivity contribution is 0.178. The molecule has 1 aliphatic rings. The van der Waals surface area contributed by atoms with Crippen molar-refractivity contribution < 1.29 is 5.11 Å². The summed E-state index contributed by atoms with van der Waals surface area (Å²) in [7, 11) is 0. The van der Waals surface area contributed by atoms with E-state index in [0.717, 1.165) is 27.8 Å². The first-order valence-corrected chi connectivity index (χ1v) is 7.21. The third-order valence-electron chi connectivity index (χ3n) is 3.50. The van der Waals surface area contributed by atoms with Gasteiger partial charge in [0.25, 0.3) is 0 Å². The first-order valence-electron chi connectivity index (χ1n) is 6.13. The highest BCUT2D eigenvalue weighted by atomic mass is 127. The summed E-state index contributed by atoms with van der Waals surface area (Å²) in [6, 6.07) is 6.41. The number of nitrogens with one attached hydrogen (secondary N) is 1. The lowest BCUT2D eigenvalue weighted by atomic mass is 9.85. The van der Waals surface area contributed by atoms with E-state index in [-0.39, 0.29) is 6.61 Å². The standard InChI is InChI=1S/C13H19IN2O/c14-10-5-6-13(11(15)7-10)16-12-4-2-1-3-9(12)8-17/h5-7,9,12,16-17H,1-4,8,15H2. The van der Waals surface area contributed by atoms with Crippen molar-refractivity contribution in [3.8, 4) is 0 Å². The number of anilines is 2. The summed E-state index contributed by atoms with van der Waals surface area (Å²) in [5, 5.41) is 12.9. The molecule has 0 saturated heterocycles. The Morgan fingerprint density at radius 1 is 1.35 bits per heavy atom. The van der Waals surface area contributed by atoms with Gasteiger partial charge in [-0.25, -0.2) is 0 Å². The lowest BCUT2D eigenvalue weighted by Crippen LogP contribution is -2.34. The van der Waals surface area contributed by atoms with Gasteiger partial charge in [-0.05, 0) is 53.6 Å². The maximum atomic E-state index is 9.38. The summed E-state index contributed by atoms with van der Waals surface area (Å²) < 4.78 is 1.15. The Labute approximate surface area is 116 Å². The molecule has 2 unspecified atom stereocenters. The molecule has 1 fully saturated rings. The molecule has 0 aromatic heterocycles. The molecule has 0 amide bonds. The van der Waals surface area contributed by atoms with Crippen LogP contribution in [0.5, 0.6) is 0 Å². The van der Waals surface area contributed by atoms with E-state index in [2.05, 4.69) is 34.0 Å². The molecule has 4 N–H and O–H groups in total. The number of nitrogens with two attached hydrogens (primary N) is 1. The van der Waals surface area contributed by atoms with Gasteiger partial charge in [0.05, 0.1) is 11.4 Å². The number of aliphatic hydroxyl groups is 1. The van der Waals surface area contributed by atoms with Gasteiger partial charge >= 0.3 is 0 Å². The van der Waals surface area contributed by atoms with Crippen LogP contribution in [0.25, 0.3) is 0 Å². The Bertz CT molecular complexity index is 384. The molecule has 1 aromatic rings. The van der Waals surface area contributed by atoms with Crippen LogP contribution in [0.3, 0.4) is 0 Å². The first kappa shape index (κ1) is 13.0. The zero-order valence-electron chi connectivity index (χ0n) is 9.82. The molecule has 0 heterocycles. The maximum absolute atomic E-state index is 9.38. The number of rotatable bonds is 3. The largest absolute Gasteiger partial charge is 0.397 e. The summed E-state index contributed by atoms with van der Waals surface area (Å²) in [5.41, 5.74) is 7.78. The van der Waals surface area contributed by atoms with Crippen LogP contribution < -0.4 is 11.1 Å². The summed E-state index contributed by atoms with van der Waals surface area (Å²) in [6.45, 7) is 0.266. The Balaban J connectivity index is 2.08. The second-order valence-corrected chi connectivity index (χ2v) is 5.96. The molecule has 17 heavy (non-hydrogen) atoms. The molecule has 0 radical (unpaired) electrons. The van der Waals surface area contributed by atoms with Crippen LogP contribution in [0.1, 0.15) is 25.7 Å². The predicted molar refractivity (Wildman–Crippen MR) is 80.0 cm³/mol. The number of benzene rings is 1. The van der Waals surface area contributed by atoms with Gasteiger partial charge < -0.3 is 16.2 Å². The molecule has 4 heteroatoms. The number of halogens is 1. The molecule has 1 saturated carbocycles. The van der Waals surface area contributed by atoms with E-state index in [1.807, 2.05) is 12.1 Å². The average Bonchev–Trinajstić information content (AvgIpc) is 2.33. The number of hydrogen-bond donors (Lipinski definition) is 3. The fourth-order valence-electron chi connectivity index (χ4n) is 2.48. The van der Waals surface area contributed by atoms with Crippen molar-refractivity contribution in [1.29, 1.82) is 0 Å². The lowest BCUT2D eigenvalue weighted by Gasteiger charge is -2.32. The molecular weight excluding hydrogens is 327 g/mol. The molecule has 2 rings (SSSR count). The Hall–Kier alpha value is -0.490. The van der Waals surface area contributed by atoms with Gasteiger partial charge in [0, 0.05) is 22.1 Å². The topological polar surface area (TPSA) is 58.3 Å². The fraction of sp³-hybridized carbons (Fsp3) is 0.538. The van der Waals surface area contributed by atoms with E-state index >= 15 is 0 Å². The summed E-state index contributed by atoms with van der Waals surface area (Å²) in [4.78, 5) is 0. The van der Waals surface area contributed by atoms with Gasteiger partial charge in [0.15, 0.2) is 0 Å². The van der Waals surface area contributed by atoms with E-state index in [9.17, 15) is 5.11 Å². The summed E-state index contributed by atoms with van der Waals surface area (Å²) in [5.74, 6) is 0.363. The normalized spacial score (nSPS) is 24.6. The van der Waals surface area contributed by atoms with E-state index in [4.69, 9.17) is 5.73 Å². The Morgan fingerprint density at radius 3 is 2.82 bits per heavy atom. The predicted octanol–water partition coefficient (Wildman–Crippen LogP) is 2.84. The zero-order valence-corrected chi connectivity index (χ0v) is 12.0. The maximum Gasteiger partial charge on any atom is 0.0576 e. The van der Waals surface area contributed by atoms with Crippen molar-refractivity contribution in [3.63, 3.8) is 0 Å². The summed E-state index contributed by atoms with van der Waals surface area (Å²) >= 11 is 2.26. The molecule has 0 aliphatic heterocycles. The molecule has 1 aromatic carbocycles. The molecule has 1 aliphatic carbocycles. The highest BCUT2D eigenvalue weighted by molar-refractivity contribution is 14.1. The molecule has 0 spiro atoms. The van der Waals surface area contributed by atoms with Gasteiger partial charge in [-0.2, -0.15) is 0 Å². The number of nitrogen functional groups attached to an aromatic ring is 1. The van der Waals surface area contributed by atoms with Crippen molar-refractivity contribution in [2.45, 2.75) is 31.7 Å². The molecule has 3 nitrogen and oxygen atoms in total.